The molecule has 0 N–H and O–H groups in total. The lowest BCUT2D eigenvalue weighted by Crippen LogP contribution is -1.84. The SMILES string of the molecule is Cc1ccc2cc(C(F)F)ccc2c1. The molecule has 0 saturated heterocycles. The fourth-order valence-electron chi connectivity index (χ4n) is 1.52. The van der Waals surface area contributed by atoms with Crippen molar-refractivity contribution in [3.8, 4) is 0 Å². The first-order chi connectivity index (χ1) is 6.66. The van der Waals surface area contributed by atoms with E-state index in [2.05, 4.69) is 0 Å². The van der Waals surface area contributed by atoms with Gasteiger partial charge in [0.1, 0.15) is 0 Å². The molecule has 0 bridgehead atoms. The highest BCUT2D eigenvalue weighted by Gasteiger charge is 2.06. The monoisotopic (exact) mass is 192 g/mol. The predicted molar refractivity (Wildman–Crippen MR) is 53.6 cm³/mol. The summed E-state index contributed by atoms with van der Waals surface area (Å²) in [6, 6.07) is 10.6. The molecule has 0 nitrogen and oxygen atoms in total. The number of benzene rings is 2. The molecule has 0 unspecified atom stereocenters. The van der Waals surface area contributed by atoms with Gasteiger partial charge < -0.3 is 0 Å². The van der Waals surface area contributed by atoms with Crippen molar-refractivity contribution in [3.05, 3.63) is 47.5 Å². The molecule has 2 aromatic rings. The van der Waals surface area contributed by atoms with E-state index < -0.39 is 6.43 Å². The van der Waals surface area contributed by atoms with Crippen LogP contribution in [0.2, 0.25) is 0 Å². The van der Waals surface area contributed by atoms with Crippen LogP contribution < -0.4 is 0 Å². The van der Waals surface area contributed by atoms with E-state index in [0.717, 1.165) is 16.3 Å². The molecule has 0 fully saturated rings. The van der Waals surface area contributed by atoms with Gasteiger partial charge in [0.15, 0.2) is 0 Å². The van der Waals surface area contributed by atoms with Crippen molar-refractivity contribution in [3.63, 3.8) is 0 Å². The maximum absolute atomic E-state index is 12.4. The Balaban J connectivity index is 2.62. The highest BCUT2D eigenvalue weighted by atomic mass is 19.3. The average Bonchev–Trinajstić information content (AvgIpc) is 2.16. The van der Waals surface area contributed by atoms with Gasteiger partial charge in [0.2, 0.25) is 0 Å². The number of alkyl halides is 2. The number of aryl methyl sites for hydroxylation is 1. The van der Waals surface area contributed by atoms with Crippen LogP contribution in [0.25, 0.3) is 10.8 Å². The molecule has 0 atom stereocenters. The Morgan fingerprint density at radius 1 is 0.929 bits per heavy atom. The zero-order chi connectivity index (χ0) is 10.1. The summed E-state index contributed by atoms with van der Waals surface area (Å²) in [5, 5.41) is 1.88. The molecule has 0 saturated carbocycles. The fourth-order valence-corrected chi connectivity index (χ4v) is 1.52. The molecule has 0 spiro atoms. The second-order valence-corrected chi connectivity index (χ2v) is 3.41. The van der Waals surface area contributed by atoms with Crippen molar-refractivity contribution in [2.75, 3.05) is 0 Å². The van der Waals surface area contributed by atoms with Gasteiger partial charge in [0, 0.05) is 5.56 Å². The largest absolute Gasteiger partial charge is 0.263 e. The zero-order valence-corrected chi connectivity index (χ0v) is 7.80. The summed E-state index contributed by atoms with van der Waals surface area (Å²) in [6.07, 6.45) is -2.39. The van der Waals surface area contributed by atoms with Crippen molar-refractivity contribution >= 4 is 10.8 Å². The second-order valence-electron chi connectivity index (χ2n) is 3.41. The first-order valence-electron chi connectivity index (χ1n) is 4.45. The topological polar surface area (TPSA) is 0 Å². The molecule has 0 aliphatic heterocycles. The van der Waals surface area contributed by atoms with E-state index in [9.17, 15) is 8.78 Å². The van der Waals surface area contributed by atoms with Crippen molar-refractivity contribution in [1.29, 1.82) is 0 Å². The average molecular weight is 192 g/mol. The van der Waals surface area contributed by atoms with E-state index in [1.807, 2.05) is 25.1 Å². The first kappa shape index (κ1) is 9.13. The summed E-state index contributed by atoms with van der Waals surface area (Å²) < 4.78 is 24.7. The van der Waals surface area contributed by atoms with Gasteiger partial charge in [0.05, 0.1) is 0 Å². The Morgan fingerprint density at radius 3 is 2.29 bits per heavy atom. The Hall–Kier alpha value is -1.44. The van der Waals surface area contributed by atoms with Crippen molar-refractivity contribution < 1.29 is 8.78 Å². The van der Waals surface area contributed by atoms with Gasteiger partial charge >= 0.3 is 0 Å². The maximum Gasteiger partial charge on any atom is 0.263 e. The molecule has 0 aromatic heterocycles. The van der Waals surface area contributed by atoms with E-state index in [-0.39, 0.29) is 5.56 Å². The molecule has 0 amide bonds. The molecule has 14 heavy (non-hydrogen) atoms. The van der Waals surface area contributed by atoms with E-state index >= 15 is 0 Å². The first-order valence-corrected chi connectivity index (χ1v) is 4.45. The van der Waals surface area contributed by atoms with Gasteiger partial charge in [0.25, 0.3) is 6.43 Å². The summed E-state index contributed by atoms with van der Waals surface area (Å²) in [5.74, 6) is 0. The Kier molecular flexibility index (Phi) is 2.20. The molecule has 0 radical (unpaired) electrons. The molecule has 2 rings (SSSR count). The van der Waals surface area contributed by atoms with Crippen LogP contribution in [0.4, 0.5) is 8.78 Å². The highest BCUT2D eigenvalue weighted by Crippen LogP contribution is 2.24. The quantitative estimate of drug-likeness (QED) is 0.638. The fraction of sp³-hybridized carbons (Fsp3) is 0.167. The van der Waals surface area contributed by atoms with Gasteiger partial charge in [-0.05, 0) is 23.8 Å². The number of hydrogen-bond donors (Lipinski definition) is 0. The van der Waals surface area contributed by atoms with Crippen molar-refractivity contribution in [1.82, 2.24) is 0 Å². The number of rotatable bonds is 1. The van der Waals surface area contributed by atoms with E-state index in [0.29, 0.717) is 0 Å². The van der Waals surface area contributed by atoms with Crippen molar-refractivity contribution in [2.45, 2.75) is 13.3 Å². The van der Waals surface area contributed by atoms with E-state index in [4.69, 9.17) is 0 Å². The molecule has 2 heteroatoms. The molecule has 0 aliphatic carbocycles. The van der Waals surface area contributed by atoms with E-state index in [1.165, 1.54) is 6.07 Å². The van der Waals surface area contributed by atoms with Gasteiger partial charge in [-0.1, -0.05) is 35.9 Å². The van der Waals surface area contributed by atoms with Gasteiger partial charge in [-0.15, -0.1) is 0 Å². The lowest BCUT2D eigenvalue weighted by atomic mass is 10.1. The summed E-state index contributed by atoms with van der Waals surface area (Å²) in [4.78, 5) is 0. The third-order valence-corrected chi connectivity index (χ3v) is 2.27. The normalized spacial score (nSPS) is 11.1. The molecular weight excluding hydrogens is 182 g/mol. The van der Waals surface area contributed by atoms with Gasteiger partial charge in [-0.3, -0.25) is 0 Å². The molecule has 0 heterocycles. The maximum atomic E-state index is 12.4. The number of halogens is 2. The summed E-state index contributed by atoms with van der Waals surface area (Å²) in [6.45, 7) is 1.99. The van der Waals surface area contributed by atoms with Gasteiger partial charge in [-0.25, -0.2) is 8.78 Å². The lowest BCUT2D eigenvalue weighted by molar-refractivity contribution is 0.151. The van der Waals surface area contributed by atoms with Crippen LogP contribution in [0.15, 0.2) is 36.4 Å². The predicted octanol–water partition coefficient (Wildman–Crippen LogP) is 4.09. The van der Waals surface area contributed by atoms with Crippen LogP contribution in [-0.4, -0.2) is 0 Å². The smallest absolute Gasteiger partial charge is 0.205 e. The van der Waals surface area contributed by atoms with Crippen LogP contribution in [0.3, 0.4) is 0 Å². The minimum absolute atomic E-state index is 0.0846. The highest BCUT2D eigenvalue weighted by molar-refractivity contribution is 5.83. The summed E-state index contributed by atoms with van der Waals surface area (Å²) in [7, 11) is 0. The molecule has 72 valence electrons. The van der Waals surface area contributed by atoms with Crippen LogP contribution in [0.5, 0.6) is 0 Å². The third kappa shape index (κ3) is 1.60. The Morgan fingerprint density at radius 2 is 1.57 bits per heavy atom. The standard InChI is InChI=1S/C12H10F2/c1-8-2-3-10-7-11(12(13)14)5-4-9(10)6-8/h2-7,12H,1H3. The number of fused-ring (bicyclic) bond motifs is 1. The van der Waals surface area contributed by atoms with Crippen LogP contribution in [0, 0.1) is 6.92 Å². The summed E-state index contributed by atoms with van der Waals surface area (Å²) >= 11 is 0. The molecule has 0 aliphatic rings. The minimum atomic E-state index is -2.39. The van der Waals surface area contributed by atoms with Crippen LogP contribution in [0.1, 0.15) is 17.6 Å². The summed E-state index contributed by atoms with van der Waals surface area (Å²) in [5.41, 5.74) is 1.23. The second kappa shape index (κ2) is 3.37. The Bertz CT molecular complexity index is 461. The van der Waals surface area contributed by atoms with Gasteiger partial charge in [-0.2, -0.15) is 0 Å². The van der Waals surface area contributed by atoms with Crippen molar-refractivity contribution in [2.24, 2.45) is 0 Å². The molecular formula is C12H10F2. The lowest BCUT2D eigenvalue weighted by Gasteiger charge is -2.03. The Labute approximate surface area is 81.2 Å². The third-order valence-electron chi connectivity index (χ3n) is 2.27. The van der Waals surface area contributed by atoms with Crippen LogP contribution >= 0.6 is 0 Å². The van der Waals surface area contributed by atoms with E-state index in [1.54, 1.807) is 12.1 Å². The van der Waals surface area contributed by atoms with Crippen LogP contribution in [-0.2, 0) is 0 Å². The zero-order valence-electron chi connectivity index (χ0n) is 7.80. The molecule has 2 aromatic carbocycles. The minimum Gasteiger partial charge on any atom is -0.205 e. The number of hydrogen-bond acceptors (Lipinski definition) is 0.